The van der Waals surface area contributed by atoms with Gasteiger partial charge in [-0.2, -0.15) is 0 Å². The van der Waals surface area contributed by atoms with Crippen molar-refractivity contribution in [2.75, 3.05) is 33.4 Å². The van der Waals surface area contributed by atoms with Crippen LogP contribution in [0.5, 0.6) is 11.5 Å². The molecular formula is C19H28N2O4. The zero-order chi connectivity index (χ0) is 17.9. The number of carbonyl (C=O) groups is 1. The van der Waals surface area contributed by atoms with Gasteiger partial charge in [0.25, 0.3) is 0 Å². The summed E-state index contributed by atoms with van der Waals surface area (Å²) >= 11 is 0. The van der Waals surface area contributed by atoms with Crippen molar-refractivity contribution in [2.24, 2.45) is 0 Å². The number of urea groups is 1. The number of hydrogen-bond donors (Lipinski definition) is 1. The van der Waals surface area contributed by atoms with Gasteiger partial charge in [-0.1, -0.05) is 6.07 Å². The lowest BCUT2D eigenvalue weighted by Gasteiger charge is -2.27. The molecule has 1 aromatic carbocycles. The molecule has 1 N–H and O–H groups in total. The van der Waals surface area contributed by atoms with Gasteiger partial charge in [-0.25, -0.2) is 4.79 Å². The highest BCUT2D eigenvalue weighted by Crippen LogP contribution is 2.32. The third-order valence-corrected chi connectivity index (χ3v) is 5.23. The van der Waals surface area contributed by atoms with Crippen LogP contribution < -0.4 is 14.8 Å². The number of nitrogens with one attached hydrogen (secondary N) is 1. The molecule has 1 fully saturated rings. The lowest BCUT2D eigenvalue weighted by atomic mass is 9.97. The molecule has 0 aliphatic carbocycles. The van der Waals surface area contributed by atoms with E-state index in [0.717, 1.165) is 42.9 Å². The van der Waals surface area contributed by atoms with E-state index < -0.39 is 0 Å². The first kappa shape index (κ1) is 17.9. The maximum Gasteiger partial charge on any atom is 0.317 e. The van der Waals surface area contributed by atoms with Gasteiger partial charge in [0.2, 0.25) is 0 Å². The molecule has 1 saturated heterocycles. The van der Waals surface area contributed by atoms with Crippen LogP contribution in [0.15, 0.2) is 18.2 Å². The highest BCUT2D eigenvalue weighted by Gasteiger charge is 2.29. The van der Waals surface area contributed by atoms with Crippen molar-refractivity contribution < 1.29 is 19.0 Å². The van der Waals surface area contributed by atoms with E-state index in [1.165, 1.54) is 0 Å². The monoisotopic (exact) mass is 348 g/mol. The summed E-state index contributed by atoms with van der Waals surface area (Å²) in [6.07, 6.45) is 2.79. The number of likely N-dealkylation sites (tertiary alicyclic amines) is 1. The van der Waals surface area contributed by atoms with Gasteiger partial charge in [0.05, 0.1) is 11.6 Å². The molecule has 2 amide bonds. The van der Waals surface area contributed by atoms with Gasteiger partial charge in [0.1, 0.15) is 13.2 Å². The number of carbonyl (C=O) groups excluding carboxylic acids is 1. The number of methoxy groups -OCH3 is 1. The van der Waals surface area contributed by atoms with Gasteiger partial charge in [-0.3, -0.25) is 0 Å². The van der Waals surface area contributed by atoms with Gasteiger partial charge in [-0.15, -0.1) is 0 Å². The zero-order valence-corrected chi connectivity index (χ0v) is 15.3. The summed E-state index contributed by atoms with van der Waals surface area (Å²) in [5.74, 6) is 1.51. The maximum absolute atomic E-state index is 12.6. The Morgan fingerprint density at radius 3 is 2.76 bits per heavy atom. The lowest BCUT2D eigenvalue weighted by Crippen LogP contribution is -2.42. The molecule has 1 aromatic rings. The van der Waals surface area contributed by atoms with Crippen LogP contribution in [0.2, 0.25) is 0 Å². The van der Waals surface area contributed by atoms with E-state index >= 15 is 0 Å². The molecule has 0 bridgehead atoms. The Morgan fingerprint density at radius 1 is 1.24 bits per heavy atom. The smallest absolute Gasteiger partial charge is 0.317 e. The van der Waals surface area contributed by atoms with Crippen molar-refractivity contribution in [1.29, 1.82) is 0 Å². The van der Waals surface area contributed by atoms with Crippen LogP contribution in [0.4, 0.5) is 4.79 Å². The molecule has 2 unspecified atom stereocenters. The molecule has 2 atom stereocenters. The minimum absolute atomic E-state index is 0.0252. The summed E-state index contributed by atoms with van der Waals surface area (Å²) in [4.78, 5) is 14.5. The molecule has 6 heteroatoms. The molecule has 0 aromatic heterocycles. The van der Waals surface area contributed by atoms with Crippen LogP contribution in [-0.4, -0.2) is 49.9 Å². The second-order valence-corrected chi connectivity index (χ2v) is 7.07. The van der Waals surface area contributed by atoms with Gasteiger partial charge >= 0.3 is 6.03 Å². The molecule has 0 radical (unpaired) electrons. The van der Waals surface area contributed by atoms with Gasteiger partial charge < -0.3 is 24.4 Å². The van der Waals surface area contributed by atoms with Gasteiger partial charge in [0.15, 0.2) is 11.5 Å². The van der Waals surface area contributed by atoms with Gasteiger partial charge in [0, 0.05) is 20.2 Å². The number of benzene rings is 1. The fourth-order valence-corrected chi connectivity index (χ4v) is 3.35. The first-order valence-corrected chi connectivity index (χ1v) is 9.01. The molecule has 25 heavy (non-hydrogen) atoms. The standard InChI is InChI=1S/C19H28N2O4/c1-14(15-5-6-16-17(13-15)25-12-11-24-16)20-18(22)21-9-4-7-19(2,23-3)8-10-21/h5-6,13-14H,4,7-12H2,1-3H3,(H,20,22). The Morgan fingerprint density at radius 2 is 2.00 bits per heavy atom. The number of nitrogens with zero attached hydrogens (tertiary/aromatic N) is 1. The van der Waals surface area contributed by atoms with Crippen molar-refractivity contribution in [1.82, 2.24) is 10.2 Å². The Labute approximate surface area is 149 Å². The molecular weight excluding hydrogens is 320 g/mol. The first-order valence-electron chi connectivity index (χ1n) is 9.01. The highest BCUT2D eigenvalue weighted by molar-refractivity contribution is 5.74. The molecule has 6 nitrogen and oxygen atoms in total. The highest BCUT2D eigenvalue weighted by atomic mass is 16.6. The summed E-state index contributed by atoms with van der Waals surface area (Å²) in [5, 5.41) is 3.10. The third kappa shape index (κ3) is 4.18. The summed E-state index contributed by atoms with van der Waals surface area (Å²) < 4.78 is 16.8. The topological polar surface area (TPSA) is 60.0 Å². The van der Waals surface area contributed by atoms with Crippen LogP contribution in [0.1, 0.15) is 44.7 Å². The Hall–Kier alpha value is -1.95. The normalized spacial score (nSPS) is 24.4. The second kappa shape index (κ2) is 7.52. The molecule has 2 aliphatic rings. The van der Waals surface area contributed by atoms with Crippen LogP contribution in [0.25, 0.3) is 0 Å². The van der Waals surface area contributed by atoms with Crippen molar-refractivity contribution in [3.63, 3.8) is 0 Å². The van der Waals surface area contributed by atoms with Crippen LogP contribution >= 0.6 is 0 Å². The SMILES string of the molecule is COC1(C)CCCN(C(=O)NC(C)c2ccc3c(c2)OCCO3)CC1. The number of rotatable bonds is 3. The van der Waals surface area contributed by atoms with E-state index in [1.54, 1.807) is 7.11 Å². The van der Waals surface area contributed by atoms with Crippen molar-refractivity contribution in [2.45, 2.75) is 44.8 Å². The van der Waals surface area contributed by atoms with E-state index in [0.29, 0.717) is 19.8 Å². The Kier molecular flexibility index (Phi) is 5.37. The molecule has 2 aliphatic heterocycles. The predicted octanol–water partition coefficient (Wildman–Crippen LogP) is 3.12. The second-order valence-electron chi connectivity index (χ2n) is 7.07. The minimum Gasteiger partial charge on any atom is -0.486 e. The van der Waals surface area contributed by atoms with E-state index in [2.05, 4.69) is 12.2 Å². The molecule has 0 saturated carbocycles. The summed E-state index contributed by atoms with van der Waals surface area (Å²) in [7, 11) is 1.75. The summed E-state index contributed by atoms with van der Waals surface area (Å²) in [6, 6.07) is 5.71. The largest absolute Gasteiger partial charge is 0.486 e. The van der Waals surface area contributed by atoms with E-state index in [1.807, 2.05) is 30.0 Å². The zero-order valence-electron chi connectivity index (χ0n) is 15.3. The molecule has 2 heterocycles. The van der Waals surface area contributed by atoms with E-state index in [-0.39, 0.29) is 17.7 Å². The van der Waals surface area contributed by atoms with Crippen molar-refractivity contribution >= 4 is 6.03 Å². The third-order valence-electron chi connectivity index (χ3n) is 5.23. The number of fused-ring (bicyclic) bond motifs is 1. The average Bonchev–Trinajstić information content (AvgIpc) is 2.83. The van der Waals surface area contributed by atoms with Crippen LogP contribution in [0, 0.1) is 0 Å². The number of amides is 2. The summed E-state index contributed by atoms with van der Waals surface area (Å²) in [6.45, 7) is 6.71. The lowest BCUT2D eigenvalue weighted by molar-refractivity contribution is -0.00500. The fraction of sp³-hybridized carbons (Fsp3) is 0.632. The number of ether oxygens (including phenoxy) is 3. The Balaban J connectivity index is 1.60. The molecule has 0 spiro atoms. The van der Waals surface area contributed by atoms with Crippen LogP contribution in [-0.2, 0) is 4.74 Å². The Bertz CT molecular complexity index is 621. The van der Waals surface area contributed by atoms with Crippen LogP contribution in [0.3, 0.4) is 0 Å². The fourth-order valence-electron chi connectivity index (χ4n) is 3.35. The van der Waals surface area contributed by atoms with E-state index in [9.17, 15) is 4.79 Å². The van der Waals surface area contributed by atoms with Gasteiger partial charge in [-0.05, 0) is 50.8 Å². The van der Waals surface area contributed by atoms with Crippen molar-refractivity contribution in [3.05, 3.63) is 23.8 Å². The molecule has 138 valence electrons. The quantitative estimate of drug-likeness (QED) is 0.912. The number of hydrogen-bond acceptors (Lipinski definition) is 4. The summed E-state index contributed by atoms with van der Waals surface area (Å²) in [5.41, 5.74) is 0.880. The first-order chi connectivity index (χ1) is 12.0. The minimum atomic E-state index is -0.128. The maximum atomic E-state index is 12.6. The predicted molar refractivity (Wildman–Crippen MR) is 95.2 cm³/mol. The molecule has 3 rings (SSSR count). The van der Waals surface area contributed by atoms with E-state index in [4.69, 9.17) is 14.2 Å². The average molecular weight is 348 g/mol. The van der Waals surface area contributed by atoms with Crippen molar-refractivity contribution in [3.8, 4) is 11.5 Å².